The Labute approximate surface area is 256 Å². The number of thioether (sulfide) groups is 1. The van der Waals surface area contributed by atoms with E-state index < -0.39 is 24.6 Å². The standard InChI is InChI=1S/C38H40O2SSi/c1-30(39)36(40-42(37(2,3)4,34-26-16-8-17-27-34)35-28-18-9-19-29-35)41-38(31-20-10-5-11-21-31,32-22-12-6-13-23-32)33-24-14-7-15-25-33/h5-30,36,39H,1-4H3. The Kier molecular flexibility index (Phi) is 9.19. The molecule has 0 radical (unpaired) electrons. The van der Waals surface area contributed by atoms with E-state index in [0.29, 0.717) is 0 Å². The molecule has 0 spiro atoms. The number of rotatable bonds is 10. The van der Waals surface area contributed by atoms with Crippen LogP contribution < -0.4 is 10.4 Å². The molecule has 0 aliphatic heterocycles. The molecule has 0 saturated carbocycles. The normalized spacial score (nSPS) is 13.8. The van der Waals surface area contributed by atoms with Gasteiger partial charge in [0.1, 0.15) is 5.44 Å². The molecule has 2 unspecified atom stereocenters. The third kappa shape index (κ3) is 5.77. The van der Waals surface area contributed by atoms with Crippen molar-refractivity contribution >= 4 is 30.5 Å². The van der Waals surface area contributed by atoms with Gasteiger partial charge in [0, 0.05) is 0 Å². The van der Waals surface area contributed by atoms with Crippen LogP contribution in [0.5, 0.6) is 0 Å². The second-order valence-electron chi connectivity index (χ2n) is 11.8. The average molecular weight is 589 g/mol. The molecule has 5 aromatic carbocycles. The molecular formula is C38H40O2SSi. The number of aliphatic hydroxyl groups excluding tert-OH is 1. The summed E-state index contributed by atoms with van der Waals surface area (Å²) in [7, 11) is -2.96. The first kappa shape index (κ1) is 30.1. The van der Waals surface area contributed by atoms with Gasteiger partial charge in [0.05, 0.1) is 10.9 Å². The van der Waals surface area contributed by atoms with Gasteiger partial charge >= 0.3 is 0 Å². The lowest BCUT2D eigenvalue weighted by Crippen LogP contribution is -2.68. The van der Waals surface area contributed by atoms with E-state index in [0.717, 1.165) is 16.7 Å². The van der Waals surface area contributed by atoms with Gasteiger partial charge in [-0.1, -0.05) is 172 Å². The van der Waals surface area contributed by atoms with E-state index in [9.17, 15) is 5.11 Å². The SMILES string of the molecule is CC(O)C(O[Si](c1ccccc1)(c1ccccc1)C(C)(C)C)SC(c1ccccc1)(c1ccccc1)c1ccccc1. The van der Waals surface area contributed by atoms with Gasteiger partial charge in [-0.2, -0.15) is 0 Å². The van der Waals surface area contributed by atoms with Gasteiger partial charge in [0.15, 0.2) is 0 Å². The number of benzene rings is 5. The summed E-state index contributed by atoms with van der Waals surface area (Å²) in [6.45, 7) is 8.70. The first-order chi connectivity index (χ1) is 20.3. The van der Waals surface area contributed by atoms with Crippen molar-refractivity contribution in [1.29, 1.82) is 0 Å². The second-order valence-corrected chi connectivity index (χ2v) is 17.4. The molecule has 5 aromatic rings. The Bertz CT molecular complexity index is 1380. The van der Waals surface area contributed by atoms with Crippen molar-refractivity contribution in [3.05, 3.63) is 168 Å². The average Bonchev–Trinajstić information content (AvgIpc) is 3.03. The number of aliphatic hydroxyl groups is 1. The minimum Gasteiger partial charge on any atom is -0.393 e. The second kappa shape index (κ2) is 12.8. The van der Waals surface area contributed by atoms with Gasteiger partial charge in [-0.05, 0) is 39.0 Å². The van der Waals surface area contributed by atoms with E-state index in [1.54, 1.807) is 11.8 Å². The van der Waals surface area contributed by atoms with Gasteiger partial charge in [-0.3, -0.25) is 0 Å². The molecule has 5 rings (SSSR count). The largest absolute Gasteiger partial charge is 0.393 e. The molecule has 0 aromatic heterocycles. The highest BCUT2D eigenvalue weighted by atomic mass is 32.2. The Morgan fingerprint density at radius 3 is 1.14 bits per heavy atom. The summed E-state index contributed by atoms with van der Waals surface area (Å²) >= 11 is 1.70. The zero-order valence-electron chi connectivity index (χ0n) is 24.9. The van der Waals surface area contributed by atoms with Crippen LogP contribution >= 0.6 is 11.8 Å². The van der Waals surface area contributed by atoms with E-state index >= 15 is 0 Å². The maximum absolute atomic E-state index is 11.6. The Hall–Kier alpha value is -3.41. The summed E-state index contributed by atoms with van der Waals surface area (Å²) in [5.41, 5.74) is 2.88. The smallest absolute Gasteiger partial charge is 0.262 e. The maximum Gasteiger partial charge on any atom is 0.262 e. The van der Waals surface area contributed by atoms with Crippen molar-refractivity contribution in [2.24, 2.45) is 0 Å². The van der Waals surface area contributed by atoms with Crippen LogP contribution in [0.2, 0.25) is 5.04 Å². The minimum absolute atomic E-state index is 0.224. The van der Waals surface area contributed by atoms with Gasteiger partial charge in [-0.25, -0.2) is 0 Å². The third-order valence-corrected chi connectivity index (χ3v) is 14.9. The molecule has 0 bridgehead atoms. The number of hydrogen-bond donors (Lipinski definition) is 1. The van der Waals surface area contributed by atoms with Crippen molar-refractivity contribution in [2.45, 2.75) is 49.0 Å². The maximum atomic E-state index is 11.6. The number of hydrogen-bond acceptors (Lipinski definition) is 3. The zero-order valence-corrected chi connectivity index (χ0v) is 26.7. The Morgan fingerprint density at radius 2 is 0.857 bits per heavy atom. The molecule has 0 fully saturated rings. The van der Waals surface area contributed by atoms with Crippen LogP contribution in [0.25, 0.3) is 0 Å². The van der Waals surface area contributed by atoms with Crippen molar-refractivity contribution in [3.63, 3.8) is 0 Å². The topological polar surface area (TPSA) is 29.5 Å². The summed E-state index contributed by atoms with van der Waals surface area (Å²) in [4.78, 5) is 0. The molecule has 0 aliphatic carbocycles. The molecule has 0 amide bonds. The van der Waals surface area contributed by atoms with Gasteiger partial charge in [0.2, 0.25) is 0 Å². The predicted molar refractivity (Wildman–Crippen MR) is 181 cm³/mol. The lowest BCUT2D eigenvalue weighted by atomic mass is 9.84. The fourth-order valence-corrected chi connectivity index (χ4v) is 12.5. The lowest BCUT2D eigenvalue weighted by Gasteiger charge is -2.47. The predicted octanol–water partition coefficient (Wildman–Crippen LogP) is 8.00. The molecule has 4 heteroatoms. The quantitative estimate of drug-likeness (QED) is 0.102. The van der Waals surface area contributed by atoms with Crippen LogP contribution in [-0.4, -0.2) is 25.0 Å². The molecular weight excluding hydrogens is 549 g/mol. The highest BCUT2D eigenvalue weighted by Gasteiger charge is 2.53. The third-order valence-electron chi connectivity index (χ3n) is 7.94. The van der Waals surface area contributed by atoms with E-state index in [4.69, 9.17) is 4.43 Å². The highest BCUT2D eigenvalue weighted by molar-refractivity contribution is 8.01. The van der Waals surface area contributed by atoms with E-state index in [1.165, 1.54) is 10.4 Å². The van der Waals surface area contributed by atoms with Gasteiger partial charge < -0.3 is 9.53 Å². The fourth-order valence-electron chi connectivity index (χ4n) is 5.98. The van der Waals surface area contributed by atoms with Crippen molar-refractivity contribution in [2.75, 3.05) is 0 Å². The van der Waals surface area contributed by atoms with Crippen molar-refractivity contribution < 1.29 is 9.53 Å². The molecule has 2 nitrogen and oxygen atoms in total. The summed E-state index contributed by atoms with van der Waals surface area (Å²) in [5.74, 6) is 0. The zero-order chi connectivity index (χ0) is 29.6. The van der Waals surface area contributed by atoms with Crippen LogP contribution in [0.3, 0.4) is 0 Å². The molecule has 214 valence electrons. The minimum atomic E-state index is -2.96. The Morgan fingerprint density at radius 1 is 0.548 bits per heavy atom. The van der Waals surface area contributed by atoms with Crippen LogP contribution in [0.4, 0.5) is 0 Å². The van der Waals surface area contributed by atoms with E-state index in [2.05, 4.69) is 172 Å². The highest BCUT2D eigenvalue weighted by Crippen LogP contribution is 2.52. The van der Waals surface area contributed by atoms with E-state index in [1.807, 2.05) is 6.92 Å². The van der Waals surface area contributed by atoms with Crippen LogP contribution in [0, 0.1) is 0 Å². The summed E-state index contributed by atoms with van der Waals surface area (Å²) in [6.07, 6.45) is -0.743. The van der Waals surface area contributed by atoms with Crippen LogP contribution in [-0.2, 0) is 9.17 Å². The molecule has 0 aliphatic rings. The molecule has 42 heavy (non-hydrogen) atoms. The van der Waals surface area contributed by atoms with Gasteiger partial charge in [0.25, 0.3) is 8.32 Å². The first-order valence-corrected chi connectivity index (χ1v) is 17.4. The van der Waals surface area contributed by atoms with Gasteiger partial charge in [-0.15, -0.1) is 11.8 Å². The monoisotopic (exact) mass is 588 g/mol. The Balaban J connectivity index is 1.75. The van der Waals surface area contributed by atoms with Crippen molar-refractivity contribution in [1.82, 2.24) is 0 Å². The van der Waals surface area contributed by atoms with Crippen molar-refractivity contribution in [3.8, 4) is 0 Å². The molecule has 2 atom stereocenters. The summed E-state index contributed by atoms with van der Waals surface area (Å²) in [5, 5.41) is 13.8. The van der Waals surface area contributed by atoms with Crippen LogP contribution in [0.15, 0.2) is 152 Å². The summed E-state index contributed by atoms with van der Waals surface area (Å²) in [6, 6.07) is 53.2. The summed E-state index contributed by atoms with van der Waals surface area (Å²) < 4.78 is 6.98. The van der Waals surface area contributed by atoms with E-state index in [-0.39, 0.29) is 5.04 Å². The lowest BCUT2D eigenvalue weighted by molar-refractivity contribution is 0.0950. The van der Waals surface area contributed by atoms with Crippen LogP contribution in [0.1, 0.15) is 44.4 Å². The molecule has 1 N–H and O–H groups in total. The molecule has 0 heterocycles. The molecule has 0 saturated heterocycles. The fraction of sp³-hybridized carbons (Fsp3) is 0.211. The first-order valence-electron chi connectivity index (χ1n) is 14.6.